The summed E-state index contributed by atoms with van der Waals surface area (Å²) in [6, 6.07) is 4.68. The van der Waals surface area contributed by atoms with Crippen molar-refractivity contribution in [2.45, 2.75) is 12.2 Å². The first-order valence-electron chi connectivity index (χ1n) is 4.53. The van der Waals surface area contributed by atoms with Gasteiger partial charge in [0.15, 0.2) is 5.82 Å². The second-order valence-corrected chi connectivity index (χ2v) is 5.06. The van der Waals surface area contributed by atoms with Crippen molar-refractivity contribution < 1.29 is 21.8 Å². The summed E-state index contributed by atoms with van der Waals surface area (Å²) in [5, 5.41) is -4.44. The Balaban J connectivity index is 2.65. The fourth-order valence-electron chi connectivity index (χ4n) is 1.38. The van der Waals surface area contributed by atoms with Crippen LogP contribution in [0.2, 0.25) is 0 Å². The van der Waals surface area contributed by atoms with Crippen molar-refractivity contribution in [3.8, 4) is 0 Å². The van der Waals surface area contributed by atoms with Crippen LogP contribution in [0, 0.1) is 6.92 Å². The van der Waals surface area contributed by atoms with Gasteiger partial charge in [0, 0.05) is 0 Å². The largest absolute Gasteiger partial charge is 0.426 e. The van der Waals surface area contributed by atoms with Gasteiger partial charge < -0.3 is 4.98 Å². The minimum Gasteiger partial charge on any atom is -0.336 e. The molecule has 0 aliphatic carbocycles. The Labute approximate surface area is 95.2 Å². The number of nitrogens with zero attached hydrogens (tertiary/aromatic N) is 1. The lowest BCUT2D eigenvalue weighted by atomic mass is 10.2. The predicted molar refractivity (Wildman–Crippen MR) is 56.3 cm³/mol. The van der Waals surface area contributed by atoms with Crippen molar-refractivity contribution in [2.75, 3.05) is 0 Å². The Morgan fingerprint density at radius 2 is 2.06 bits per heavy atom. The third kappa shape index (κ3) is 1.89. The number of fused-ring (bicyclic) bond motifs is 1. The molecule has 0 saturated carbocycles. The lowest BCUT2D eigenvalue weighted by Crippen LogP contribution is -2.26. The summed E-state index contributed by atoms with van der Waals surface area (Å²) in [6.45, 7) is 1.75. The van der Waals surface area contributed by atoms with Crippen LogP contribution in [0.25, 0.3) is 11.0 Å². The monoisotopic (exact) mass is 262 g/mol. The lowest BCUT2D eigenvalue weighted by Gasteiger charge is -2.08. The highest BCUT2D eigenvalue weighted by atomic mass is 32.2. The number of aryl methyl sites for hydroxylation is 1. The molecule has 0 aliphatic heterocycles. The molecule has 0 fully saturated rings. The number of imidazole rings is 1. The molecule has 0 spiro atoms. The number of hydrogen-bond donors (Lipinski definition) is 2. The first-order valence-corrected chi connectivity index (χ1v) is 5.97. The van der Waals surface area contributed by atoms with E-state index in [0.717, 1.165) is 5.56 Å². The lowest BCUT2D eigenvalue weighted by molar-refractivity contribution is 0.0704. The minimum atomic E-state index is -5.54. The van der Waals surface area contributed by atoms with E-state index in [9.17, 15) is 17.2 Å². The minimum absolute atomic E-state index is 0.203. The smallest absolute Gasteiger partial charge is 0.336 e. The van der Waals surface area contributed by atoms with E-state index in [4.69, 9.17) is 4.55 Å². The van der Waals surface area contributed by atoms with Gasteiger partial charge in [-0.15, -0.1) is 0 Å². The zero-order valence-electron chi connectivity index (χ0n) is 8.61. The molecule has 1 heterocycles. The maximum atomic E-state index is 13.3. The van der Waals surface area contributed by atoms with Gasteiger partial charge >= 0.3 is 15.4 Å². The average molecular weight is 262 g/mol. The van der Waals surface area contributed by atoms with Gasteiger partial charge in [-0.05, 0) is 24.6 Å². The highest BCUT2D eigenvalue weighted by Gasteiger charge is 2.49. The number of alkyl halides is 2. The number of halogens is 2. The summed E-state index contributed by atoms with van der Waals surface area (Å²) in [5.74, 6) is -1.10. The van der Waals surface area contributed by atoms with Crippen molar-refractivity contribution in [2.24, 2.45) is 0 Å². The van der Waals surface area contributed by atoms with Crippen LogP contribution < -0.4 is 0 Å². The van der Waals surface area contributed by atoms with E-state index in [-0.39, 0.29) is 11.0 Å². The SMILES string of the molecule is Cc1ccc2nc(C(F)(F)S(=O)(=O)O)[nH]c2c1. The Morgan fingerprint density at radius 1 is 1.41 bits per heavy atom. The van der Waals surface area contributed by atoms with Gasteiger partial charge in [-0.3, -0.25) is 4.55 Å². The molecule has 2 N–H and O–H groups in total. The summed E-state index contributed by atoms with van der Waals surface area (Å²) in [6.07, 6.45) is 0. The molecule has 0 amide bonds. The Hall–Kier alpha value is -1.54. The van der Waals surface area contributed by atoms with Crippen LogP contribution >= 0.6 is 0 Å². The Kier molecular flexibility index (Phi) is 2.44. The van der Waals surface area contributed by atoms with Crippen LogP contribution in [0.1, 0.15) is 11.4 Å². The van der Waals surface area contributed by atoms with Gasteiger partial charge in [-0.1, -0.05) is 6.07 Å². The number of H-pyrrole nitrogens is 1. The van der Waals surface area contributed by atoms with Gasteiger partial charge in [0.25, 0.3) is 0 Å². The summed E-state index contributed by atoms with van der Waals surface area (Å²) in [5.41, 5.74) is 1.29. The van der Waals surface area contributed by atoms with Gasteiger partial charge in [0.05, 0.1) is 11.0 Å². The quantitative estimate of drug-likeness (QED) is 0.808. The first kappa shape index (κ1) is 11.9. The Morgan fingerprint density at radius 3 is 2.65 bits per heavy atom. The van der Waals surface area contributed by atoms with Crippen molar-refractivity contribution in [1.82, 2.24) is 9.97 Å². The molecular formula is C9H8F2N2O3S. The highest BCUT2D eigenvalue weighted by Crippen LogP contribution is 2.32. The molecule has 1 aromatic heterocycles. The molecule has 92 valence electrons. The van der Waals surface area contributed by atoms with Crippen molar-refractivity contribution in [1.29, 1.82) is 0 Å². The summed E-state index contributed by atoms with van der Waals surface area (Å²) in [4.78, 5) is 5.63. The van der Waals surface area contributed by atoms with Crippen LogP contribution in [0.4, 0.5) is 8.78 Å². The highest BCUT2D eigenvalue weighted by molar-refractivity contribution is 7.86. The van der Waals surface area contributed by atoms with E-state index in [1.807, 2.05) is 0 Å². The Bertz CT molecular complexity index is 679. The maximum absolute atomic E-state index is 13.3. The molecule has 2 rings (SSSR count). The zero-order valence-corrected chi connectivity index (χ0v) is 9.42. The summed E-state index contributed by atoms with van der Waals surface area (Å²) >= 11 is 0. The van der Waals surface area contributed by atoms with Crippen molar-refractivity contribution >= 4 is 21.2 Å². The van der Waals surface area contributed by atoms with Gasteiger partial charge in [0.1, 0.15) is 0 Å². The average Bonchev–Trinajstić information content (AvgIpc) is 2.58. The number of rotatable bonds is 2. The number of benzene rings is 1. The summed E-state index contributed by atoms with van der Waals surface area (Å²) < 4.78 is 56.1. The predicted octanol–water partition coefficient (Wildman–Crippen LogP) is 1.81. The molecule has 0 unspecified atom stereocenters. The standard InChI is InChI=1S/C9H8F2N2O3S/c1-5-2-3-6-7(4-5)13-8(12-6)9(10,11)17(14,15)16/h2-4H,1H3,(H,12,13)(H,14,15,16). The van der Waals surface area contributed by atoms with Crippen LogP contribution in [-0.4, -0.2) is 22.9 Å². The third-order valence-corrected chi connectivity index (χ3v) is 3.08. The molecule has 0 bridgehead atoms. The van der Waals surface area contributed by atoms with Crippen molar-refractivity contribution in [3.63, 3.8) is 0 Å². The number of aromatic amines is 1. The van der Waals surface area contributed by atoms with E-state index < -0.39 is 21.2 Å². The fourth-order valence-corrected chi connectivity index (χ4v) is 1.72. The van der Waals surface area contributed by atoms with Crippen LogP contribution in [-0.2, 0) is 15.4 Å². The first-order chi connectivity index (χ1) is 7.72. The second kappa shape index (κ2) is 3.47. The van der Waals surface area contributed by atoms with Gasteiger partial charge in [-0.2, -0.15) is 17.2 Å². The molecule has 5 nitrogen and oxygen atoms in total. The molecule has 1 aromatic carbocycles. The molecular weight excluding hydrogens is 254 g/mol. The van der Waals surface area contributed by atoms with E-state index >= 15 is 0 Å². The maximum Gasteiger partial charge on any atom is 0.426 e. The van der Waals surface area contributed by atoms with Crippen LogP contribution in [0.15, 0.2) is 18.2 Å². The number of aromatic nitrogens is 2. The van der Waals surface area contributed by atoms with E-state index in [1.165, 1.54) is 6.07 Å². The van der Waals surface area contributed by atoms with Gasteiger partial charge in [-0.25, -0.2) is 4.98 Å². The molecule has 0 radical (unpaired) electrons. The molecule has 0 saturated heterocycles. The fraction of sp³-hybridized carbons (Fsp3) is 0.222. The van der Waals surface area contributed by atoms with Crippen molar-refractivity contribution in [3.05, 3.63) is 29.6 Å². The van der Waals surface area contributed by atoms with E-state index in [1.54, 1.807) is 19.1 Å². The second-order valence-electron chi connectivity index (χ2n) is 3.60. The molecule has 0 atom stereocenters. The zero-order chi connectivity index (χ0) is 12.8. The molecule has 17 heavy (non-hydrogen) atoms. The third-order valence-electron chi connectivity index (χ3n) is 2.24. The van der Waals surface area contributed by atoms with E-state index in [2.05, 4.69) is 9.97 Å². The molecule has 8 heteroatoms. The molecule has 2 aromatic rings. The number of nitrogens with one attached hydrogen (secondary N) is 1. The number of hydrogen-bond acceptors (Lipinski definition) is 3. The topological polar surface area (TPSA) is 83.1 Å². The normalized spacial score (nSPS) is 13.2. The summed E-state index contributed by atoms with van der Waals surface area (Å²) in [7, 11) is -5.54. The van der Waals surface area contributed by atoms with Gasteiger partial charge in [0.2, 0.25) is 0 Å². The molecule has 0 aliphatic rings. The van der Waals surface area contributed by atoms with E-state index in [0.29, 0.717) is 0 Å². The van der Waals surface area contributed by atoms with Crippen LogP contribution in [0.5, 0.6) is 0 Å². The van der Waals surface area contributed by atoms with Crippen LogP contribution in [0.3, 0.4) is 0 Å².